The lowest BCUT2D eigenvalue weighted by molar-refractivity contribution is 0.319. The van der Waals surface area contributed by atoms with Gasteiger partial charge in [-0.25, -0.2) is 29.3 Å². The summed E-state index contributed by atoms with van der Waals surface area (Å²) in [6.07, 6.45) is 10.7. The van der Waals surface area contributed by atoms with Crippen LogP contribution in [0, 0.1) is 18.2 Å². The van der Waals surface area contributed by atoms with Gasteiger partial charge in [-0.1, -0.05) is 22.2 Å². The first-order chi connectivity index (χ1) is 22.2. The lowest BCUT2D eigenvalue weighted by Crippen LogP contribution is -2.38. The molecule has 0 saturated heterocycles. The molecule has 1 aromatic carbocycles. The van der Waals surface area contributed by atoms with Crippen molar-refractivity contribution < 1.29 is 13.9 Å². The molecule has 0 radical (unpaired) electrons. The third-order valence-electron chi connectivity index (χ3n) is 7.64. The Hall–Kier alpha value is -4.06. The van der Waals surface area contributed by atoms with Crippen molar-refractivity contribution in [2.45, 2.75) is 20.8 Å². The van der Waals surface area contributed by atoms with Gasteiger partial charge in [0.1, 0.15) is 70.5 Å². The Morgan fingerprint density at radius 3 is 2.10 bits per heavy atom. The molecular formula is C27H33B12FN6O2. The Morgan fingerprint density at radius 1 is 0.812 bits per heavy atom. The number of fused-ring (bicyclic) bond motifs is 1. The summed E-state index contributed by atoms with van der Waals surface area (Å²) in [6, 6.07) is 8.59. The van der Waals surface area contributed by atoms with Gasteiger partial charge in [-0.3, -0.25) is 0 Å². The minimum Gasteiger partial charge on any atom is -0.513 e. The normalized spacial score (nSPS) is 12.4. The minimum atomic E-state index is -0.569. The predicted molar refractivity (Wildman–Crippen MR) is 223 cm³/mol. The number of ether oxygens (including phenoxy) is 2. The smallest absolute Gasteiger partial charge is 0.322 e. The summed E-state index contributed by atoms with van der Waals surface area (Å²) >= 11 is 0. The Bertz CT molecular complexity index is 2080. The number of aromatic nitrogens is 6. The van der Waals surface area contributed by atoms with E-state index in [1.54, 1.807) is 30.9 Å². The van der Waals surface area contributed by atoms with Crippen LogP contribution in [0.5, 0.6) is 17.5 Å². The van der Waals surface area contributed by atoms with Gasteiger partial charge in [-0.2, -0.15) is 0 Å². The number of hydrogen-bond donors (Lipinski definition) is 0. The molecule has 0 aliphatic rings. The van der Waals surface area contributed by atoms with Crippen molar-refractivity contribution in [3.8, 4) is 52.2 Å². The maximum atomic E-state index is 16.2. The molecule has 0 fully saturated rings. The van der Waals surface area contributed by atoms with Crippen molar-refractivity contribution in [3.63, 3.8) is 0 Å². The molecule has 0 saturated carbocycles. The Labute approximate surface area is 292 Å². The van der Waals surface area contributed by atoms with Gasteiger partial charge in [-0.15, -0.1) is 6.42 Å². The molecule has 0 amide bonds. The van der Waals surface area contributed by atoms with E-state index >= 15 is 4.39 Å². The molecule has 0 N–H and O–H groups in total. The maximum Gasteiger partial charge on any atom is 0.322 e. The average molecular weight is 622 g/mol. The maximum absolute atomic E-state index is 16.2. The molecule has 0 unspecified atom stereocenters. The fourth-order valence-electron chi connectivity index (χ4n) is 5.62. The van der Waals surface area contributed by atoms with Crippen molar-refractivity contribution in [2.24, 2.45) is 0 Å². The van der Waals surface area contributed by atoms with Gasteiger partial charge >= 0.3 is 6.01 Å². The summed E-state index contributed by atoms with van der Waals surface area (Å²) in [6.45, 7) is 0. The molecule has 0 atom stereocenters. The molecule has 4 heterocycles. The molecule has 8 nitrogen and oxygen atoms in total. The van der Waals surface area contributed by atoms with Crippen LogP contribution in [0.4, 0.5) is 4.39 Å². The average Bonchev–Trinajstić information content (AvgIpc) is 3.32. The molecule has 0 spiro atoms. The second-order valence-electron chi connectivity index (χ2n) is 16.0. The molecule has 21 heteroatoms. The van der Waals surface area contributed by atoms with Crippen molar-refractivity contribution in [2.75, 3.05) is 0 Å². The number of pyridine rings is 1. The van der Waals surface area contributed by atoms with E-state index in [9.17, 15) is 0 Å². The molecule has 4 aromatic heterocycles. The van der Waals surface area contributed by atoms with Crippen LogP contribution in [0.15, 0.2) is 49.1 Å². The molecule has 5 rings (SSSR count). The molecule has 226 valence electrons. The van der Waals surface area contributed by atoms with Gasteiger partial charge in [0.2, 0.25) is 0 Å². The summed E-state index contributed by atoms with van der Waals surface area (Å²) in [5.74, 6) is 2.63. The highest BCUT2D eigenvalue weighted by molar-refractivity contribution is 6.60. The summed E-state index contributed by atoms with van der Waals surface area (Å²) in [4.78, 5) is 23.0. The fourth-order valence-corrected chi connectivity index (χ4v) is 5.62. The van der Waals surface area contributed by atoms with E-state index in [4.69, 9.17) is 25.9 Å². The first-order valence-corrected chi connectivity index (χ1v) is 16.1. The number of terminal acetylenes is 1. The number of benzene rings is 1. The van der Waals surface area contributed by atoms with Crippen molar-refractivity contribution >= 4 is 105 Å². The number of rotatable bonds is 9. The van der Waals surface area contributed by atoms with E-state index in [0.717, 1.165) is 28.0 Å². The van der Waals surface area contributed by atoms with Gasteiger partial charge in [0.05, 0.1) is 58.3 Å². The monoisotopic (exact) mass is 624 g/mol. The molecule has 0 bridgehead atoms. The highest BCUT2D eigenvalue weighted by Crippen LogP contribution is 2.47. The zero-order valence-corrected chi connectivity index (χ0v) is 30.1. The lowest BCUT2D eigenvalue weighted by atomic mass is 9.41. The van der Waals surface area contributed by atoms with Crippen LogP contribution in [0.25, 0.3) is 33.4 Å². The molecule has 0 aliphatic carbocycles. The number of halogens is 1. The highest BCUT2D eigenvalue weighted by Gasteiger charge is 2.34. The van der Waals surface area contributed by atoms with Crippen molar-refractivity contribution in [1.82, 2.24) is 29.5 Å². The largest absolute Gasteiger partial charge is 0.513 e. The van der Waals surface area contributed by atoms with Gasteiger partial charge in [0, 0.05) is 46.1 Å². The van der Waals surface area contributed by atoms with Crippen LogP contribution in [0.3, 0.4) is 0 Å². The lowest BCUT2D eigenvalue weighted by Gasteiger charge is -2.29. The second-order valence-corrected chi connectivity index (χ2v) is 16.0. The minimum absolute atomic E-state index is 0.00927. The van der Waals surface area contributed by atoms with Gasteiger partial charge in [-0.05, 0) is 29.0 Å². The van der Waals surface area contributed by atoms with E-state index in [0.29, 0.717) is 28.2 Å². The predicted octanol–water partition coefficient (Wildman–Crippen LogP) is -7.76. The van der Waals surface area contributed by atoms with E-state index in [2.05, 4.69) is 72.5 Å². The summed E-state index contributed by atoms with van der Waals surface area (Å²) in [7, 11) is 24.7. The van der Waals surface area contributed by atoms with Gasteiger partial charge < -0.3 is 14.0 Å². The highest BCUT2D eigenvalue weighted by atomic mass is 19.1. The SMILES string of the molecule is BC(B)(B)Oc1cc(C#C)ncc1-c1c(-c2ccc(Oc3nccc(C(B)(B)B)n3)c(F)c2)c2c(C(B)(B)B)ncnc2n1C(B)(B)B. The van der Waals surface area contributed by atoms with Crippen molar-refractivity contribution in [3.05, 3.63) is 72.0 Å². The second kappa shape index (κ2) is 12.4. The third kappa shape index (κ3) is 7.18. The zero-order chi connectivity index (χ0) is 35.4. The molecular weight excluding hydrogens is 589 g/mol. The van der Waals surface area contributed by atoms with E-state index in [-0.39, 0.29) is 22.0 Å². The number of hydrogen-bond acceptors (Lipinski definition) is 7. The van der Waals surface area contributed by atoms with Crippen LogP contribution in [0.1, 0.15) is 17.1 Å². The Morgan fingerprint density at radius 2 is 1.52 bits per heavy atom. The first-order valence-electron chi connectivity index (χ1n) is 16.1. The quantitative estimate of drug-likeness (QED) is 0.119. The van der Waals surface area contributed by atoms with E-state index in [1.165, 1.54) is 6.07 Å². The van der Waals surface area contributed by atoms with Crippen LogP contribution < -0.4 is 9.47 Å². The zero-order valence-electron chi connectivity index (χ0n) is 30.1. The van der Waals surface area contributed by atoms with Gasteiger partial charge in [0.25, 0.3) is 0 Å². The van der Waals surface area contributed by atoms with Crippen molar-refractivity contribution in [1.29, 1.82) is 0 Å². The van der Waals surface area contributed by atoms with Crippen LogP contribution in [-0.2, 0) is 15.5 Å². The molecule has 5 aromatic rings. The van der Waals surface area contributed by atoms with Gasteiger partial charge in [0.15, 0.2) is 11.6 Å². The standard InChI is InChI=1S/C27H33B12FN6O2/c1-2-12-8-16(48-27(37,38)39)13(9-42-12)20-18(19-21(25(31,32)33)43-10-44-22(19)46(20)26(34,35)36)11-3-4-15(14(40)7-11)47-23-41-6-5-17(45-23)24(28,29)30/h1,3-10H,28-39H2. The first kappa shape index (κ1) is 35.3. The Balaban J connectivity index is 1.84. The van der Waals surface area contributed by atoms with Crippen LogP contribution in [0.2, 0.25) is 0 Å². The van der Waals surface area contributed by atoms with Crippen LogP contribution in [-0.4, -0.2) is 129 Å². The molecule has 0 aliphatic heterocycles. The Kier molecular flexibility index (Phi) is 9.13. The van der Waals surface area contributed by atoms with Crippen LogP contribution >= 0.6 is 0 Å². The molecule has 48 heavy (non-hydrogen) atoms. The third-order valence-corrected chi connectivity index (χ3v) is 7.64. The summed E-state index contributed by atoms with van der Waals surface area (Å²) in [5, 5.41) is -0.807. The van der Waals surface area contributed by atoms with E-state index < -0.39 is 16.4 Å². The van der Waals surface area contributed by atoms with E-state index in [1.807, 2.05) is 59.2 Å². The topological polar surface area (TPSA) is 87.8 Å². The fraction of sp³-hybridized carbons (Fsp3) is 0.148. The summed E-state index contributed by atoms with van der Waals surface area (Å²) in [5.41, 5.74) is 5.57. The number of nitrogens with zero attached hydrogens (tertiary/aromatic N) is 6. The summed E-state index contributed by atoms with van der Waals surface area (Å²) < 4.78 is 30.8.